The maximum absolute atomic E-state index is 10.7. The van der Waals surface area contributed by atoms with Crippen LogP contribution < -0.4 is 0 Å². The first-order valence-electron chi connectivity index (χ1n) is 4.77. The summed E-state index contributed by atoms with van der Waals surface area (Å²) in [6.45, 7) is 4.26. The second-order valence-electron chi connectivity index (χ2n) is 4.43. The van der Waals surface area contributed by atoms with E-state index in [0.717, 1.165) is 23.6 Å². The van der Waals surface area contributed by atoms with Crippen LogP contribution in [0.4, 0.5) is 0 Å². The van der Waals surface area contributed by atoms with Crippen LogP contribution in [0.1, 0.15) is 26.0 Å². The summed E-state index contributed by atoms with van der Waals surface area (Å²) in [6, 6.07) is 1.94. The summed E-state index contributed by atoms with van der Waals surface area (Å²) in [5.74, 6) is 1.91. The summed E-state index contributed by atoms with van der Waals surface area (Å²) in [4.78, 5) is 0. The predicted octanol–water partition coefficient (Wildman–Crippen LogP) is 2.49. The minimum absolute atomic E-state index is 0.0632. The van der Waals surface area contributed by atoms with Gasteiger partial charge < -0.3 is 5.11 Å². The van der Waals surface area contributed by atoms with Gasteiger partial charge in [-0.2, -0.15) is 16.1 Å². The quantitative estimate of drug-likeness (QED) is 0.803. The van der Waals surface area contributed by atoms with Crippen LogP contribution in [0.25, 0.3) is 0 Å². The van der Waals surface area contributed by atoms with Crippen molar-refractivity contribution in [2.45, 2.75) is 25.9 Å². The number of nitrogens with zero attached hydrogens (tertiary/aromatic N) is 1. The third-order valence-corrected chi connectivity index (χ3v) is 4.84. The molecule has 1 unspecified atom stereocenters. The molecule has 0 spiro atoms. The lowest BCUT2D eigenvalue weighted by molar-refractivity contribution is -0.0606. The average Bonchev–Trinajstić information content (AvgIpc) is 2.63. The van der Waals surface area contributed by atoms with E-state index >= 15 is 0 Å². The Morgan fingerprint density at radius 2 is 2.29 bits per heavy atom. The van der Waals surface area contributed by atoms with Gasteiger partial charge in [0.15, 0.2) is 0 Å². The zero-order chi connectivity index (χ0) is 10.2. The largest absolute Gasteiger partial charge is 0.382 e. The van der Waals surface area contributed by atoms with E-state index in [9.17, 15) is 5.11 Å². The number of hydrogen-bond acceptors (Lipinski definition) is 4. The van der Waals surface area contributed by atoms with Crippen molar-refractivity contribution >= 4 is 23.3 Å². The molecule has 1 atom stereocenters. The Morgan fingerprint density at radius 1 is 1.50 bits per heavy atom. The molecule has 1 aliphatic rings. The van der Waals surface area contributed by atoms with E-state index in [0.29, 0.717) is 0 Å². The van der Waals surface area contributed by atoms with Crippen molar-refractivity contribution in [1.82, 2.24) is 4.37 Å². The summed E-state index contributed by atoms with van der Waals surface area (Å²) < 4.78 is 4.29. The smallest absolute Gasteiger partial charge is 0.122 e. The summed E-state index contributed by atoms with van der Waals surface area (Å²) in [6.07, 6.45) is 1.05. The van der Waals surface area contributed by atoms with Crippen molar-refractivity contribution in [3.63, 3.8) is 0 Å². The average molecular weight is 229 g/mol. The van der Waals surface area contributed by atoms with Gasteiger partial charge in [0.1, 0.15) is 5.60 Å². The van der Waals surface area contributed by atoms with E-state index in [2.05, 4.69) is 18.2 Å². The molecule has 1 aromatic rings. The van der Waals surface area contributed by atoms with Gasteiger partial charge in [0.25, 0.3) is 0 Å². The third kappa shape index (κ3) is 1.49. The van der Waals surface area contributed by atoms with Gasteiger partial charge in [-0.3, -0.25) is 0 Å². The van der Waals surface area contributed by atoms with Crippen LogP contribution in [0.2, 0.25) is 0 Å². The lowest BCUT2D eigenvalue weighted by Crippen LogP contribution is -2.47. The Labute approximate surface area is 92.9 Å². The van der Waals surface area contributed by atoms with Gasteiger partial charge in [-0.05, 0) is 29.8 Å². The molecule has 0 radical (unpaired) electrons. The normalized spacial score (nSPS) is 31.6. The standard InChI is InChI=1S/C10H15NOS2/c1-9(2)4-6-13-7-10(9,12)8-3-5-14-11-8/h3,5,12H,4,6-7H2,1-2H3. The van der Waals surface area contributed by atoms with Gasteiger partial charge in [0.2, 0.25) is 0 Å². The molecule has 0 aromatic carbocycles. The second kappa shape index (κ2) is 3.51. The molecule has 1 fully saturated rings. The van der Waals surface area contributed by atoms with E-state index in [4.69, 9.17) is 0 Å². The molecule has 1 aliphatic heterocycles. The molecule has 0 saturated carbocycles. The van der Waals surface area contributed by atoms with E-state index in [1.54, 1.807) is 0 Å². The lowest BCUT2D eigenvalue weighted by atomic mass is 9.72. The number of hydrogen-bond donors (Lipinski definition) is 1. The highest BCUT2D eigenvalue weighted by atomic mass is 32.2. The zero-order valence-electron chi connectivity index (χ0n) is 8.49. The first-order valence-corrected chi connectivity index (χ1v) is 6.76. The highest BCUT2D eigenvalue weighted by Crippen LogP contribution is 2.48. The highest BCUT2D eigenvalue weighted by molar-refractivity contribution is 7.99. The number of rotatable bonds is 1. The van der Waals surface area contributed by atoms with Gasteiger partial charge in [0.05, 0.1) is 5.69 Å². The fourth-order valence-corrected chi connectivity index (χ4v) is 4.00. The van der Waals surface area contributed by atoms with Crippen LogP contribution in [0, 0.1) is 5.41 Å². The second-order valence-corrected chi connectivity index (χ2v) is 6.20. The molecule has 0 aliphatic carbocycles. The Hall–Kier alpha value is -0.0600. The molecule has 0 bridgehead atoms. The highest BCUT2D eigenvalue weighted by Gasteiger charge is 2.48. The van der Waals surface area contributed by atoms with Crippen LogP contribution in [-0.4, -0.2) is 21.0 Å². The summed E-state index contributed by atoms with van der Waals surface area (Å²) >= 11 is 3.23. The van der Waals surface area contributed by atoms with E-state index in [1.807, 2.05) is 23.2 Å². The molecule has 78 valence electrons. The first kappa shape index (κ1) is 10.5. The maximum atomic E-state index is 10.7. The fourth-order valence-electron chi connectivity index (χ4n) is 1.80. The predicted molar refractivity (Wildman–Crippen MR) is 61.7 cm³/mol. The molecule has 14 heavy (non-hydrogen) atoms. The van der Waals surface area contributed by atoms with Crippen molar-refractivity contribution < 1.29 is 5.11 Å². The Bertz CT molecular complexity index is 310. The van der Waals surface area contributed by atoms with Crippen LogP contribution in [-0.2, 0) is 5.60 Å². The molecule has 1 N–H and O–H groups in total. The van der Waals surface area contributed by atoms with Crippen molar-refractivity contribution in [2.24, 2.45) is 5.41 Å². The topological polar surface area (TPSA) is 33.1 Å². The number of aromatic nitrogens is 1. The molecule has 2 heterocycles. The van der Waals surface area contributed by atoms with Crippen LogP contribution in [0.3, 0.4) is 0 Å². The third-order valence-electron chi connectivity index (χ3n) is 3.16. The summed E-state index contributed by atoms with van der Waals surface area (Å²) in [5, 5.41) is 12.6. The SMILES string of the molecule is CC1(C)CCSCC1(O)c1ccsn1. The molecule has 1 aromatic heterocycles. The van der Waals surface area contributed by atoms with E-state index < -0.39 is 5.60 Å². The Morgan fingerprint density at radius 3 is 2.86 bits per heavy atom. The maximum Gasteiger partial charge on any atom is 0.122 e. The number of thioether (sulfide) groups is 1. The van der Waals surface area contributed by atoms with Crippen LogP contribution >= 0.6 is 23.3 Å². The van der Waals surface area contributed by atoms with Gasteiger partial charge in [0, 0.05) is 16.5 Å². The molecule has 4 heteroatoms. The van der Waals surface area contributed by atoms with Crippen LogP contribution in [0.5, 0.6) is 0 Å². The van der Waals surface area contributed by atoms with E-state index in [-0.39, 0.29) is 5.41 Å². The van der Waals surface area contributed by atoms with Gasteiger partial charge in [-0.1, -0.05) is 13.8 Å². The summed E-state index contributed by atoms with van der Waals surface area (Å²) in [7, 11) is 0. The fraction of sp³-hybridized carbons (Fsp3) is 0.700. The van der Waals surface area contributed by atoms with Crippen molar-refractivity contribution in [3.8, 4) is 0 Å². The molecule has 2 nitrogen and oxygen atoms in total. The van der Waals surface area contributed by atoms with Crippen molar-refractivity contribution in [2.75, 3.05) is 11.5 Å². The number of aliphatic hydroxyl groups is 1. The zero-order valence-corrected chi connectivity index (χ0v) is 10.1. The van der Waals surface area contributed by atoms with Crippen LogP contribution in [0.15, 0.2) is 11.4 Å². The lowest BCUT2D eigenvalue weighted by Gasteiger charge is -2.45. The molecule has 2 rings (SSSR count). The summed E-state index contributed by atoms with van der Waals surface area (Å²) in [5.41, 5.74) is 0.0436. The van der Waals surface area contributed by atoms with Gasteiger partial charge >= 0.3 is 0 Å². The Kier molecular flexibility index (Phi) is 2.62. The minimum atomic E-state index is -0.740. The molecular formula is C10H15NOS2. The van der Waals surface area contributed by atoms with Gasteiger partial charge in [-0.15, -0.1) is 0 Å². The Balaban J connectivity index is 2.37. The minimum Gasteiger partial charge on any atom is -0.382 e. The molecular weight excluding hydrogens is 214 g/mol. The molecule has 0 amide bonds. The van der Waals surface area contributed by atoms with Crippen molar-refractivity contribution in [3.05, 3.63) is 17.1 Å². The monoisotopic (exact) mass is 229 g/mol. The van der Waals surface area contributed by atoms with Gasteiger partial charge in [-0.25, -0.2) is 0 Å². The van der Waals surface area contributed by atoms with E-state index in [1.165, 1.54) is 11.5 Å². The first-order chi connectivity index (χ1) is 6.56. The molecule has 1 saturated heterocycles. The van der Waals surface area contributed by atoms with Crippen molar-refractivity contribution in [1.29, 1.82) is 0 Å².